The number of carbonyl (C=O) groups is 2. The average Bonchev–Trinajstić information content (AvgIpc) is 2.60. The Bertz CT molecular complexity index is 622. The first kappa shape index (κ1) is 20.0. The minimum Gasteiger partial charge on any atom is -0.490 e. The van der Waals surface area contributed by atoms with Gasteiger partial charge in [0.05, 0.1) is 31.0 Å². The molecule has 0 saturated carbocycles. The molecule has 7 nitrogen and oxygen atoms in total. The molecular formula is C19H27NO6. The second-order valence-corrected chi connectivity index (χ2v) is 6.16. The number of amides is 1. The SMILES string of the molecule is CCOc1ccc(C(=O)OCC(=O)N2C[C@@H](C)O[C@@H](C)C2)cc1OCC. The second-order valence-electron chi connectivity index (χ2n) is 6.16. The molecule has 0 bridgehead atoms. The van der Waals surface area contributed by atoms with Crippen molar-refractivity contribution in [1.82, 2.24) is 4.90 Å². The van der Waals surface area contributed by atoms with Crippen molar-refractivity contribution in [2.45, 2.75) is 39.9 Å². The van der Waals surface area contributed by atoms with Crippen molar-refractivity contribution < 1.29 is 28.5 Å². The first-order chi connectivity index (χ1) is 12.4. The molecule has 144 valence electrons. The fraction of sp³-hybridized carbons (Fsp3) is 0.579. The zero-order chi connectivity index (χ0) is 19.1. The smallest absolute Gasteiger partial charge is 0.338 e. The Hall–Kier alpha value is -2.28. The minimum atomic E-state index is -0.572. The quantitative estimate of drug-likeness (QED) is 0.690. The summed E-state index contributed by atoms with van der Waals surface area (Å²) in [6.07, 6.45) is -0.0588. The third kappa shape index (κ3) is 5.36. The van der Waals surface area contributed by atoms with Crippen molar-refractivity contribution in [3.8, 4) is 11.5 Å². The Labute approximate surface area is 154 Å². The molecule has 1 aliphatic heterocycles. The van der Waals surface area contributed by atoms with Crippen LogP contribution in [0.15, 0.2) is 18.2 Å². The summed E-state index contributed by atoms with van der Waals surface area (Å²) < 4.78 is 21.8. The number of benzene rings is 1. The van der Waals surface area contributed by atoms with E-state index in [0.717, 1.165) is 0 Å². The van der Waals surface area contributed by atoms with Crippen molar-refractivity contribution in [3.05, 3.63) is 23.8 Å². The van der Waals surface area contributed by atoms with Gasteiger partial charge in [0.1, 0.15) is 0 Å². The number of nitrogens with zero attached hydrogens (tertiary/aromatic N) is 1. The van der Waals surface area contributed by atoms with Crippen molar-refractivity contribution in [1.29, 1.82) is 0 Å². The first-order valence-corrected chi connectivity index (χ1v) is 8.94. The Morgan fingerprint density at radius 1 is 1.08 bits per heavy atom. The van der Waals surface area contributed by atoms with Gasteiger partial charge in [-0.3, -0.25) is 4.79 Å². The standard InChI is InChI=1S/C19H27NO6/c1-5-23-16-8-7-15(9-17(16)24-6-2)19(22)25-12-18(21)20-10-13(3)26-14(4)11-20/h7-9,13-14H,5-6,10-12H2,1-4H3/t13-,14+. The van der Waals surface area contributed by atoms with E-state index in [9.17, 15) is 9.59 Å². The summed E-state index contributed by atoms with van der Waals surface area (Å²) in [4.78, 5) is 26.2. The second kappa shape index (κ2) is 9.43. The summed E-state index contributed by atoms with van der Waals surface area (Å²) in [5.74, 6) is 0.247. The molecule has 7 heteroatoms. The molecule has 2 rings (SSSR count). The third-order valence-corrected chi connectivity index (χ3v) is 3.88. The van der Waals surface area contributed by atoms with Crippen molar-refractivity contribution in [3.63, 3.8) is 0 Å². The molecule has 1 saturated heterocycles. The van der Waals surface area contributed by atoms with Gasteiger partial charge in [-0.1, -0.05) is 0 Å². The number of morpholine rings is 1. The summed E-state index contributed by atoms with van der Waals surface area (Å²) in [5.41, 5.74) is 0.313. The van der Waals surface area contributed by atoms with Gasteiger partial charge < -0.3 is 23.8 Å². The van der Waals surface area contributed by atoms with Crippen LogP contribution >= 0.6 is 0 Å². The van der Waals surface area contributed by atoms with Gasteiger partial charge in [-0.2, -0.15) is 0 Å². The molecule has 0 unspecified atom stereocenters. The van der Waals surface area contributed by atoms with E-state index < -0.39 is 5.97 Å². The molecule has 2 atom stereocenters. The van der Waals surface area contributed by atoms with Gasteiger partial charge >= 0.3 is 5.97 Å². The molecule has 1 amide bonds. The Balaban J connectivity index is 1.96. The average molecular weight is 365 g/mol. The number of hydrogen-bond acceptors (Lipinski definition) is 6. The summed E-state index contributed by atoms with van der Waals surface area (Å²) in [7, 11) is 0. The van der Waals surface area contributed by atoms with Gasteiger partial charge in [0.2, 0.25) is 0 Å². The van der Waals surface area contributed by atoms with Crippen LogP contribution in [0, 0.1) is 0 Å². The molecule has 1 heterocycles. The van der Waals surface area contributed by atoms with E-state index in [0.29, 0.717) is 43.4 Å². The fourth-order valence-corrected chi connectivity index (χ4v) is 2.86. The largest absolute Gasteiger partial charge is 0.490 e. The lowest BCUT2D eigenvalue weighted by Gasteiger charge is -2.35. The number of esters is 1. The van der Waals surface area contributed by atoms with Crippen molar-refractivity contribution >= 4 is 11.9 Å². The number of ether oxygens (including phenoxy) is 4. The van der Waals surface area contributed by atoms with Crippen molar-refractivity contribution in [2.75, 3.05) is 32.9 Å². The fourth-order valence-electron chi connectivity index (χ4n) is 2.86. The number of hydrogen-bond donors (Lipinski definition) is 0. The number of rotatable bonds is 7. The zero-order valence-corrected chi connectivity index (χ0v) is 15.8. The van der Waals surface area contributed by atoms with Crippen LogP contribution in [0.1, 0.15) is 38.1 Å². The van der Waals surface area contributed by atoms with Crippen LogP contribution in [0.25, 0.3) is 0 Å². The van der Waals surface area contributed by atoms with Gasteiger partial charge in [0.25, 0.3) is 5.91 Å². The lowest BCUT2D eigenvalue weighted by molar-refractivity contribution is -0.146. The van der Waals surface area contributed by atoms with Crippen LogP contribution in [0.2, 0.25) is 0 Å². The Morgan fingerprint density at radius 3 is 2.31 bits per heavy atom. The summed E-state index contributed by atoms with van der Waals surface area (Å²) in [6.45, 7) is 9.19. The maximum atomic E-state index is 12.3. The molecule has 1 aromatic rings. The molecule has 0 radical (unpaired) electrons. The molecule has 0 spiro atoms. The Kier molecular flexibility index (Phi) is 7.26. The number of carbonyl (C=O) groups excluding carboxylic acids is 2. The first-order valence-electron chi connectivity index (χ1n) is 8.94. The third-order valence-electron chi connectivity index (χ3n) is 3.88. The van der Waals surface area contributed by atoms with Crippen molar-refractivity contribution in [2.24, 2.45) is 0 Å². The minimum absolute atomic E-state index is 0.0294. The predicted octanol–water partition coefficient (Wildman–Crippen LogP) is 2.28. The van der Waals surface area contributed by atoms with Crippen LogP contribution in [0.5, 0.6) is 11.5 Å². The van der Waals surface area contributed by atoms with E-state index >= 15 is 0 Å². The van der Waals surface area contributed by atoms with Gasteiger partial charge in [0, 0.05) is 13.1 Å². The molecule has 1 aromatic carbocycles. The van der Waals surface area contributed by atoms with Gasteiger partial charge in [-0.05, 0) is 45.9 Å². The molecule has 0 N–H and O–H groups in total. The van der Waals surface area contributed by atoms with Gasteiger partial charge in [-0.25, -0.2) is 4.79 Å². The van der Waals surface area contributed by atoms with E-state index in [1.54, 1.807) is 23.1 Å². The van der Waals surface area contributed by atoms with Gasteiger partial charge in [-0.15, -0.1) is 0 Å². The zero-order valence-electron chi connectivity index (χ0n) is 15.8. The van der Waals surface area contributed by atoms with E-state index in [1.807, 2.05) is 27.7 Å². The lowest BCUT2D eigenvalue weighted by atomic mass is 10.2. The monoisotopic (exact) mass is 365 g/mol. The van der Waals surface area contributed by atoms with Gasteiger partial charge in [0.15, 0.2) is 18.1 Å². The highest BCUT2D eigenvalue weighted by molar-refractivity contribution is 5.92. The van der Waals surface area contributed by atoms with Crippen LogP contribution in [-0.4, -0.2) is 61.9 Å². The van der Waals surface area contributed by atoms with Crippen LogP contribution in [0.3, 0.4) is 0 Å². The molecule has 1 aliphatic rings. The summed E-state index contributed by atoms with van der Waals surface area (Å²) in [5, 5.41) is 0. The topological polar surface area (TPSA) is 74.3 Å². The maximum Gasteiger partial charge on any atom is 0.338 e. The maximum absolute atomic E-state index is 12.3. The Morgan fingerprint density at radius 2 is 1.69 bits per heavy atom. The molecule has 1 fully saturated rings. The highest BCUT2D eigenvalue weighted by Gasteiger charge is 2.26. The normalized spacial score (nSPS) is 19.8. The van der Waals surface area contributed by atoms with E-state index in [1.165, 1.54) is 0 Å². The molecular weight excluding hydrogens is 338 g/mol. The van der Waals surface area contributed by atoms with Crippen LogP contribution < -0.4 is 9.47 Å². The van der Waals surface area contributed by atoms with Crippen LogP contribution in [0.4, 0.5) is 0 Å². The highest BCUT2D eigenvalue weighted by atomic mass is 16.5. The highest BCUT2D eigenvalue weighted by Crippen LogP contribution is 2.28. The lowest BCUT2D eigenvalue weighted by Crippen LogP contribution is -2.49. The molecule has 26 heavy (non-hydrogen) atoms. The molecule has 0 aliphatic carbocycles. The predicted molar refractivity (Wildman–Crippen MR) is 95.7 cm³/mol. The summed E-state index contributed by atoms with van der Waals surface area (Å²) in [6, 6.07) is 4.83. The van der Waals surface area contributed by atoms with E-state index in [-0.39, 0.29) is 24.7 Å². The molecule has 0 aromatic heterocycles. The van der Waals surface area contributed by atoms with Crippen LogP contribution in [-0.2, 0) is 14.3 Å². The summed E-state index contributed by atoms with van der Waals surface area (Å²) >= 11 is 0. The van der Waals surface area contributed by atoms with E-state index in [4.69, 9.17) is 18.9 Å². The van der Waals surface area contributed by atoms with E-state index in [2.05, 4.69) is 0 Å².